The average Bonchev–Trinajstić information content (AvgIpc) is 2.32. The molecule has 0 fully saturated rings. The van der Waals surface area contributed by atoms with Crippen LogP contribution in [-0.4, -0.2) is 0 Å². The maximum atomic E-state index is 2.42. The predicted molar refractivity (Wildman–Crippen MR) is 72.0 cm³/mol. The van der Waals surface area contributed by atoms with Gasteiger partial charge in [0.15, 0.2) is 0 Å². The molecule has 2 rings (SSSR count). The summed E-state index contributed by atoms with van der Waals surface area (Å²) >= 11 is 6.71. The monoisotopic (exact) mass is 400 g/mol. The molecule has 0 saturated carbocycles. The van der Waals surface area contributed by atoms with E-state index in [1.165, 1.54) is 22.1 Å². The summed E-state index contributed by atoms with van der Waals surface area (Å²) in [5.74, 6) is 0. The number of benzene rings is 1. The van der Waals surface area contributed by atoms with Crippen LogP contribution in [0.1, 0.15) is 4.88 Å². The average molecular weight is 400 g/mol. The first-order valence-electron chi connectivity index (χ1n) is 3.53. The van der Waals surface area contributed by atoms with E-state index in [1.54, 1.807) is 0 Å². The molecule has 2 aromatic rings. The quantitative estimate of drug-likeness (QED) is 0.575. The van der Waals surface area contributed by atoms with E-state index in [0.717, 1.165) is 0 Å². The van der Waals surface area contributed by atoms with Crippen LogP contribution in [0.2, 0.25) is 0 Å². The third kappa shape index (κ3) is 1.39. The van der Waals surface area contributed by atoms with E-state index in [9.17, 15) is 0 Å². The third-order valence-corrected chi connectivity index (χ3v) is 5.94. The molecule has 0 radical (unpaired) electrons. The highest BCUT2D eigenvalue weighted by molar-refractivity contribution is 14.1. The van der Waals surface area contributed by atoms with Crippen LogP contribution >= 0.6 is 56.5 Å². The lowest BCUT2D eigenvalue weighted by Gasteiger charge is -1.91. The largest absolute Gasteiger partial charge is 0.138 e. The highest BCUT2D eigenvalue weighted by atomic mass is 127. The lowest BCUT2D eigenvalue weighted by atomic mass is 10.2. The summed E-state index contributed by atoms with van der Waals surface area (Å²) in [6.07, 6.45) is 0. The molecule has 0 saturated heterocycles. The van der Waals surface area contributed by atoms with Crippen LogP contribution in [-0.2, 0) is 0 Å². The summed E-state index contributed by atoms with van der Waals surface area (Å²) in [6.45, 7) is 2.18. The van der Waals surface area contributed by atoms with Crippen molar-refractivity contribution in [3.05, 3.63) is 30.2 Å². The van der Waals surface area contributed by atoms with Crippen molar-refractivity contribution >= 4 is 66.6 Å². The summed E-state index contributed by atoms with van der Waals surface area (Å²) in [5, 5.41) is 1.41. The van der Waals surface area contributed by atoms with Crippen LogP contribution in [0.3, 0.4) is 0 Å². The van der Waals surface area contributed by atoms with Gasteiger partial charge in [-0.25, -0.2) is 0 Å². The standard InChI is InChI=1S/C9H6I2S/c1-5-8(11)6-3-2-4-7(10)9(6)12-5/h2-4H,1H3. The van der Waals surface area contributed by atoms with Crippen LogP contribution in [0.5, 0.6) is 0 Å². The minimum absolute atomic E-state index is 1.36. The van der Waals surface area contributed by atoms with Crippen molar-refractivity contribution in [2.75, 3.05) is 0 Å². The Morgan fingerprint density at radius 3 is 2.67 bits per heavy atom. The fraction of sp³-hybridized carbons (Fsp3) is 0.111. The van der Waals surface area contributed by atoms with Crippen molar-refractivity contribution in [3.63, 3.8) is 0 Å². The van der Waals surface area contributed by atoms with Crippen molar-refractivity contribution in [2.24, 2.45) is 0 Å². The van der Waals surface area contributed by atoms with Crippen LogP contribution in [0.25, 0.3) is 10.1 Å². The lowest BCUT2D eigenvalue weighted by molar-refractivity contribution is 1.60. The maximum Gasteiger partial charge on any atom is 0.0490 e. The molecule has 0 spiro atoms. The molecule has 0 aliphatic carbocycles. The van der Waals surface area contributed by atoms with Gasteiger partial charge in [0.1, 0.15) is 0 Å². The molecular formula is C9H6I2S. The van der Waals surface area contributed by atoms with E-state index in [1.807, 2.05) is 11.3 Å². The van der Waals surface area contributed by atoms with E-state index in [4.69, 9.17) is 0 Å². The number of aryl methyl sites for hydroxylation is 1. The topological polar surface area (TPSA) is 0 Å². The maximum absolute atomic E-state index is 2.42. The molecule has 0 atom stereocenters. The molecule has 0 nitrogen and oxygen atoms in total. The molecule has 1 heterocycles. The van der Waals surface area contributed by atoms with Crippen molar-refractivity contribution in [1.29, 1.82) is 0 Å². The van der Waals surface area contributed by atoms with Gasteiger partial charge < -0.3 is 0 Å². The second-order valence-corrected chi connectivity index (χ2v) is 6.05. The molecule has 0 aliphatic rings. The van der Waals surface area contributed by atoms with Gasteiger partial charge in [0, 0.05) is 22.1 Å². The predicted octanol–water partition coefficient (Wildman–Crippen LogP) is 4.42. The molecule has 62 valence electrons. The molecule has 1 aromatic carbocycles. The number of thiophene rings is 1. The Morgan fingerprint density at radius 2 is 2.00 bits per heavy atom. The molecule has 0 bridgehead atoms. The van der Waals surface area contributed by atoms with E-state index < -0.39 is 0 Å². The zero-order valence-corrected chi connectivity index (χ0v) is 11.5. The second-order valence-electron chi connectivity index (χ2n) is 2.59. The van der Waals surface area contributed by atoms with Crippen molar-refractivity contribution in [3.8, 4) is 0 Å². The first kappa shape index (κ1) is 9.21. The normalized spacial score (nSPS) is 10.9. The summed E-state index contributed by atoms with van der Waals surface area (Å²) in [5.41, 5.74) is 0. The van der Waals surface area contributed by atoms with Crippen molar-refractivity contribution < 1.29 is 0 Å². The van der Waals surface area contributed by atoms with E-state index in [-0.39, 0.29) is 0 Å². The number of fused-ring (bicyclic) bond motifs is 1. The summed E-state index contributed by atoms with van der Waals surface area (Å²) in [6, 6.07) is 6.48. The molecule has 12 heavy (non-hydrogen) atoms. The van der Waals surface area contributed by atoms with Crippen LogP contribution in [0.15, 0.2) is 18.2 Å². The highest BCUT2D eigenvalue weighted by Gasteiger charge is 2.07. The third-order valence-electron chi connectivity index (χ3n) is 1.77. The zero-order chi connectivity index (χ0) is 8.72. The minimum atomic E-state index is 1.36. The Kier molecular flexibility index (Phi) is 2.62. The SMILES string of the molecule is Cc1sc2c(I)cccc2c1I. The highest BCUT2D eigenvalue weighted by Crippen LogP contribution is 2.34. The van der Waals surface area contributed by atoms with E-state index >= 15 is 0 Å². The molecule has 0 aliphatic heterocycles. The smallest absolute Gasteiger partial charge is 0.0490 e. The summed E-state index contributed by atoms with van der Waals surface area (Å²) < 4.78 is 4.20. The summed E-state index contributed by atoms with van der Waals surface area (Å²) in [4.78, 5) is 1.43. The van der Waals surface area contributed by atoms with Crippen molar-refractivity contribution in [1.82, 2.24) is 0 Å². The number of halogens is 2. The Bertz CT molecular complexity index is 431. The van der Waals surface area contributed by atoms with Crippen LogP contribution < -0.4 is 0 Å². The van der Waals surface area contributed by atoms with Crippen molar-refractivity contribution in [2.45, 2.75) is 6.92 Å². The number of hydrogen-bond acceptors (Lipinski definition) is 1. The summed E-state index contributed by atoms with van der Waals surface area (Å²) in [7, 11) is 0. The Balaban J connectivity index is 2.95. The molecule has 0 unspecified atom stereocenters. The van der Waals surface area contributed by atoms with Gasteiger partial charge >= 0.3 is 0 Å². The molecule has 0 N–H and O–H groups in total. The van der Waals surface area contributed by atoms with Gasteiger partial charge in [-0.15, -0.1) is 11.3 Å². The van der Waals surface area contributed by atoms with Crippen LogP contribution in [0.4, 0.5) is 0 Å². The van der Waals surface area contributed by atoms with E-state index in [2.05, 4.69) is 70.3 Å². The van der Waals surface area contributed by atoms with Gasteiger partial charge in [-0.1, -0.05) is 12.1 Å². The number of hydrogen-bond donors (Lipinski definition) is 0. The van der Waals surface area contributed by atoms with Gasteiger partial charge in [-0.2, -0.15) is 0 Å². The van der Waals surface area contributed by atoms with Crippen LogP contribution in [0, 0.1) is 14.1 Å². The Labute approximate surface area is 103 Å². The Hall–Kier alpha value is 0.640. The van der Waals surface area contributed by atoms with Gasteiger partial charge in [-0.3, -0.25) is 0 Å². The fourth-order valence-electron chi connectivity index (χ4n) is 1.17. The van der Waals surface area contributed by atoms with Gasteiger partial charge in [-0.05, 0) is 58.2 Å². The molecular weight excluding hydrogens is 394 g/mol. The number of rotatable bonds is 0. The molecule has 1 aromatic heterocycles. The Morgan fingerprint density at radius 1 is 1.25 bits per heavy atom. The first-order chi connectivity index (χ1) is 5.70. The van der Waals surface area contributed by atoms with Gasteiger partial charge in [0.2, 0.25) is 0 Å². The van der Waals surface area contributed by atoms with E-state index in [0.29, 0.717) is 0 Å². The van der Waals surface area contributed by atoms with Gasteiger partial charge in [0.25, 0.3) is 0 Å². The molecule has 3 heteroatoms. The minimum Gasteiger partial charge on any atom is -0.138 e. The van der Waals surface area contributed by atoms with Gasteiger partial charge in [0.05, 0.1) is 0 Å². The zero-order valence-electron chi connectivity index (χ0n) is 6.40. The fourth-order valence-corrected chi connectivity index (χ4v) is 3.92. The lowest BCUT2D eigenvalue weighted by Crippen LogP contribution is -1.71. The molecule has 0 amide bonds. The first-order valence-corrected chi connectivity index (χ1v) is 6.50. The second kappa shape index (κ2) is 3.42.